The van der Waals surface area contributed by atoms with Gasteiger partial charge in [-0.2, -0.15) is 0 Å². The maximum absolute atomic E-state index is 12.2. The van der Waals surface area contributed by atoms with Crippen LogP contribution in [-0.2, 0) is 17.6 Å². The van der Waals surface area contributed by atoms with Gasteiger partial charge in [-0.25, -0.2) is 0 Å². The molecular weight excluding hydrogens is 330 g/mol. The summed E-state index contributed by atoms with van der Waals surface area (Å²) in [4.78, 5) is 12.2. The fourth-order valence-electron chi connectivity index (χ4n) is 2.51. The molecule has 4 heteroatoms. The number of ether oxygens (including phenoxy) is 1. The first-order valence-corrected chi connectivity index (χ1v) is 7.76. The topological polar surface area (TPSA) is 38.3 Å². The van der Waals surface area contributed by atoms with E-state index in [4.69, 9.17) is 4.74 Å². The van der Waals surface area contributed by atoms with Gasteiger partial charge in [-0.05, 0) is 29.8 Å². The molecule has 0 aliphatic carbocycles. The lowest BCUT2D eigenvalue weighted by atomic mass is 10.0. The molecule has 0 spiro atoms. The zero-order chi connectivity index (χ0) is 14.7. The average Bonchev–Trinajstić information content (AvgIpc) is 2.94. The molecule has 1 aliphatic rings. The quantitative estimate of drug-likeness (QED) is 0.899. The number of para-hydroxylation sites is 1. The maximum Gasteiger partial charge on any atom is 0.156 e. The molecule has 0 saturated carbocycles. The smallest absolute Gasteiger partial charge is 0.156 e. The van der Waals surface area contributed by atoms with E-state index >= 15 is 0 Å². The minimum absolute atomic E-state index is 0.148. The minimum Gasteiger partial charge on any atom is -0.493 e. The number of carbonyl (C=O) groups is 1. The molecule has 0 aromatic heterocycles. The molecule has 2 aromatic carbocycles. The van der Waals surface area contributed by atoms with E-state index in [0.29, 0.717) is 19.6 Å². The van der Waals surface area contributed by atoms with Crippen LogP contribution in [0.15, 0.2) is 46.9 Å². The third-order valence-corrected chi connectivity index (χ3v) is 3.93. The number of halogens is 1. The van der Waals surface area contributed by atoms with E-state index in [0.717, 1.165) is 27.9 Å². The molecule has 108 valence electrons. The summed E-state index contributed by atoms with van der Waals surface area (Å²) in [5.41, 5.74) is 3.11. The van der Waals surface area contributed by atoms with E-state index in [2.05, 4.69) is 27.3 Å². The number of fused-ring (bicyclic) bond motifs is 1. The minimum atomic E-state index is 0.148. The van der Waals surface area contributed by atoms with Crippen molar-refractivity contribution in [3.63, 3.8) is 0 Å². The largest absolute Gasteiger partial charge is 0.493 e. The Labute approximate surface area is 132 Å². The molecule has 0 amide bonds. The first-order chi connectivity index (χ1) is 10.2. The van der Waals surface area contributed by atoms with Gasteiger partial charge in [0.2, 0.25) is 0 Å². The molecule has 0 unspecified atom stereocenters. The van der Waals surface area contributed by atoms with Crippen molar-refractivity contribution < 1.29 is 9.53 Å². The summed E-state index contributed by atoms with van der Waals surface area (Å²) in [5, 5.41) is 3.14. The van der Waals surface area contributed by atoms with Crippen LogP contribution < -0.4 is 10.1 Å². The Morgan fingerprint density at radius 3 is 2.86 bits per heavy atom. The molecule has 21 heavy (non-hydrogen) atoms. The number of hydrogen-bond acceptors (Lipinski definition) is 3. The maximum atomic E-state index is 12.2. The zero-order valence-corrected chi connectivity index (χ0v) is 13.2. The molecule has 0 atom stereocenters. The monoisotopic (exact) mass is 345 g/mol. The number of benzene rings is 2. The Hall–Kier alpha value is -1.81. The van der Waals surface area contributed by atoms with Gasteiger partial charge in [0.05, 0.1) is 13.2 Å². The van der Waals surface area contributed by atoms with Crippen molar-refractivity contribution >= 4 is 27.4 Å². The van der Waals surface area contributed by atoms with Crippen LogP contribution in [0.25, 0.3) is 0 Å². The number of nitrogens with one attached hydrogen (secondary N) is 1. The highest BCUT2D eigenvalue weighted by molar-refractivity contribution is 9.10. The van der Waals surface area contributed by atoms with Crippen LogP contribution in [0.5, 0.6) is 5.75 Å². The van der Waals surface area contributed by atoms with Gasteiger partial charge in [-0.15, -0.1) is 0 Å². The van der Waals surface area contributed by atoms with Gasteiger partial charge < -0.3 is 10.1 Å². The molecule has 1 heterocycles. The Kier molecular flexibility index (Phi) is 4.25. The van der Waals surface area contributed by atoms with Gasteiger partial charge >= 0.3 is 0 Å². The average molecular weight is 346 g/mol. The highest BCUT2D eigenvalue weighted by atomic mass is 79.9. The van der Waals surface area contributed by atoms with Gasteiger partial charge in [-0.3, -0.25) is 4.79 Å². The van der Waals surface area contributed by atoms with Gasteiger partial charge in [-0.1, -0.05) is 34.1 Å². The molecule has 1 N–H and O–H groups in total. The number of rotatable bonds is 5. The highest BCUT2D eigenvalue weighted by Gasteiger charge is 2.19. The van der Waals surface area contributed by atoms with Gasteiger partial charge in [0, 0.05) is 28.6 Å². The molecular formula is C17H16BrNO2. The van der Waals surface area contributed by atoms with Crippen molar-refractivity contribution in [2.75, 3.05) is 18.5 Å². The standard InChI is InChI=1S/C17H16BrNO2/c18-14-8-12-6-7-21-17(12)13(9-14)10-16(20)11-19-15-4-2-1-3-5-15/h1-5,8-9,19H,6-7,10-11H2. The molecule has 3 rings (SSSR count). The first-order valence-electron chi connectivity index (χ1n) is 6.97. The second kappa shape index (κ2) is 6.31. The summed E-state index contributed by atoms with van der Waals surface area (Å²) in [7, 11) is 0. The number of ketones is 1. The second-order valence-electron chi connectivity index (χ2n) is 5.09. The summed E-state index contributed by atoms with van der Waals surface area (Å²) in [5.74, 6) is 1.04. The number of anilines is 1. The van der Waals surface area contributed by atoms with Crippen LogP contribution in [0.2, 0.25) is 0 Å². The van der Waals surface area contributed by atoms with Crippen molar-refractivity contribution in [3.05, 3.63) is 58.1 Å². The highest BCUT2D eigenvalue weighted by Crippen LogP contribution is 2.33. The third-order valence-electron chi connectivity index (χ3n) is 3.48. The Balaban J connectivity index is 1.65. The molecule has 1 aliphatic heterocycles. The Bertz CT molecular complexity index is 655. The number of Topliss-reactive ketones (excluding diaryl/α,β-unsaturated/α-hetero) is 1. The third kappa shape index (κ3) is 3.45. The van der Waals surface area contributed by atoms with E-state index in [-0.39, 0.29) is 5.78 Å². The molecule has 0 radical (unpaired) electrons. The van der Waals surface area contributed by atoms with Gasteiger partial charge in [0.25, 0.3) is 0 Å². The SMILES string of the molecule is O=C(CNc1ccccc1)Cc1cc(Br)cc2c1OCC2. The lowest BCUT2D eigenvalue weighted by Crippen LogP contribution is -2.16. The fourth-order valence-corrected chi connectivity index (χ4v) is 3.06. The van der Waals surface area contributed by atoms with Crippen molar-refractivity contribution in [1.29, 1.82) is 0 Å². The lowest BCUT2D eigenvalue weighted by Gasteiger charge is -2.09. The van der Waals surface area contributed by atoms with Crippen LogP contribution in [0.1, 0.15) is 11.1 Å². The molecule has 0 bridgehead atoms. The van der Waals surface area contributed by atoms with Crippen molar-refractivity contribution in [1.82, 2.24) is 0 Å². The Morgan fingerprint density at radius 1 is 1.24 bits per heavy atom. The lowest BCUT2D eigenvalue weighted by molar-refractivity contribution is -0.116. The molecule has 0 fully saturated rings. The number of carbonyl (C=O) groups excluding carboxylic acids is 1. The van der Waals surface area contributed by atoms with E-state index < -0.39 is 0 Å². The van der Waals surface area contributed by atoms with Crippen LogP contribution in [0.4, 0.5) is 5.69 Å². The molecule has 0 saturated heterocycles. The fraction of sp³-hybridized carbons (Fsp3) is 0.235. The second-order valence-corrected chi connectivity index (χ2v) is 6.00. The van der Waals surface area contributed by atoms with Crippen molar-refractivity contribution in [2.45, 2.75) is 12.8 Å². The van der Waals surface area contributed by atoms with Crippen molar-refractivity contribution in [2.24, 2.45) is 0 Å². The van der Waals surface area contributed by atoms with Crippen molar-refractivity contribution in [3.8, 4) is 5.75 Å². The van der Waals surface area contributed by atoms with Crippen LogP contribution in [0.3, 0.4) is 0 Å². The van der Waals surface area contributed by atoms with E-state index in [1.807, 2.05) is 36.4 Å². The summed E-state index contributed by atoms with van der Waals surface area (Å²) in [6, 6.07) is 13.8. The predicted molar refractivity (Wildman–Crippen MR) is 87.0 cm³/mol. The predicted octanol–water partition coefficient (Wildman–Crippen LogP) is 3.61. The first kappa shape index (κ1) is 14.1. The summed E-state index contributed by atoms with van der Waals surface area (Å²) in [6.45, 7) is 1.03. The molecule has 2 aromatic rings. The summed E-state index contributed by atoms with van der Waals surface area (Å²) in [6.07, 6.45) is 1.31. The number of hydrogen-bond donors (Lipinski definition) is 1. The molecule has 3 nitrogen and oxygen atoms in total. The van der Waals surface area contributed by atoms with Gasteiger partial charge in [0.1, 0.15) is 5.75 Å². The van der Waals surface area contributed by atoms with Crippen LogP contribution in [-0.4, -0.2) is 18.9 Å². The van der Waals surface area contributed by atoms with Crippen LogP contribution in [0, 0.1) is 0 Å². The van der Waals surface area contributed by atoms with Gasteiger partial charge in [0.15, 0.2) is 5.78 Å². The summed E-state index contributed by atoms with van der Waals surface area (Å²) < 4.78 is 6.66. The van der Waals surface area contributed by atoms with E-state index in [9.17, 15) is 4.79 Å². The Morgan fingerprint density at radius 2 is 2.05 bits per heavy atom. The van der Waals surface area contributed by atoms with Crippen LogP contribution >= 0.6 is 15.9 Å². The van der Waals surface area contributed by atoms with E-state index in [1.165, 1.54) is 5.56 Å². The normalized spacial score (nSPS) is 12.6. The summed E-state index contributed by atoms with van der Waals surface area (Å²) >= 11 is 3.50. The zero-order valence-electron chi connectivity index (χ0n) is 11.6. The van der Waals surface area contributed by atoms with E-state index in [1.54, 1.807) is 0 Å².